The molecule has 1 saturated heterocycles. The first kappa shape index (κ1) is 21.4. The molecule has 7 nitrogen and oxygen atoms in total. The molecule has 0 unspecified atom stereocenters. The summed E-state index contributed by atoms with van der Waals surface area (Å²) in [6, 6.07) is 14.9. The number of benzene rings is 2. The molecule has 0 spiro atoms. The molecular weight excluding hydrogens is 374 g/mol. The maximum atomic E-state index is 10.4. The highest BCUT2D eigenvalue weighted by atomic mass is 16.5. The fourth-order valence-corrected chi connectivity index (χ4v) is 3.60. The van der Waals surface area contributed by atoms with E-state index in [1.54, 1.807) is 18.2 Å². The second-order valence-corrected chi connectivity index (χ2v) is 7.24. The van der Waals surface area contributed by atoms with Crippen LogP contribution in [0.3, 0.4) is 0 Å². The third kappa shape index (κ3) is 4.65. The molecule has 7 heteroatoms. The Balaban J connectivity index is 1.87. The highest BCUT2D eigenvalue weighted by Gasteiger charge is 2.44. The number of rotatable bonds is 6. The molecule has 0 aromatic heterocycles. The van der Waals surface area contributed by atoms with Gasteiger partial charge in [0.2, 0.25) is 0 Å². The minimum atomic E-state index is -1.45. The third-order valence-corrected chi connectivity index (χ3v) is 5.29. The van der Waals surface area contributed by atoms with Gasteiger partial charge in [0.25, 0.3) is 0 Å². The van der Waals surface area contributed by atoms with Crippen LogP contribution in [0.15, 0.2) is 42.5 Å². The molecule has 2 aromatic rings. The second kappa shape index (κ2) is 9.46. The monoisotopic (exact) mass is 399 g/mol. The van der Waals surface area contributed by atoms with Gasteiger partial charge >= 0.3 is 0 Å². The molecule has 1 fully saturated rings. The predicted molar refractivity (Wildman–Crippen MR) is 104 cm³/mol. The number of hydrogen-bond acceptors (Lipinski definition) is 7. The van der Waals surface area contributed by atoms with Crippen LogP contribution in [-0.2, 0) is 17.6 Å². The van der Waals surface area contributed by atoms with Crippen molar-refractivity contribution in [2.75, 3.05) is 13.2 Å². The van der Waals surface area contributed by atoms with Crippen LogP contribution in [0.5, 0.6) is 0 Å². The molecule has 3 rings (SSSR count). The molecule has 29 heavy (non-hydrogen) atoms. The maximum Gasteiger partial charge on any atom is 0.113 e. The van der Waals surface area contributed by atoms with Crippen molar-refractivity contribution in [2.24, 2.45) is 0 Å². The zero-order valence-electron chi connectivity index (χ0n) is 15.8. The second-order valence-electron chi connectivity index (χ2n) is 7.24. The van der Waals surface area contributed by atoms with Crippen LogP contribution in [0, 0.1) is 11.3 Å². The van der Waals surface area contributed by atoms with Crippen LogP contribution in [-0.4, -0.2) is 63.2 Å². The molecule has 1 heterocycles. The van der Waals surface area contributed by atoms with E-state index in [1.165, 1.54) is 0 Å². The van der Waals surface area contributed by atoms with Gasteiger partial charge in [-0.2, -0.15) is 5.26 Å². The van der Waals surface area contributed by atoms with Crippen molar-refractivity contribution in [2.45, 2.75) is 43.4 Å². The van der Waals surface area contributed by atoms with Crippen LogP contribution in [0.2, 0.25) is 0 Å². The van der Waals surface area contributed by atoms with Gasteiger partial charge in [-0.05, 0) is 41.2 Å². The fraction of sp³-hybridized carbons (Fsp3) is 0.409. The minimum Gasteiger partial charge on any atom is -0.396 e. The Morgan fingerprint density at radius 3 is 2.21 bits per heavy atom. The van der Waals surface area contributed by atoms with Crippen molar-refractivity contribution < 1.29 is 30.3 Å². The molecule has 2 aromatic carbocycles. The predicted octanol–water partition coefficient (Wildman–Crippen LogP) is 0.199. The van der Waals surface area contributed by atoms with Gasteiger partial charge in [-0.25, -0.2) is 0 Å². The van der Waals surface area contributed by atoms with Crippen LogP contribution < -0.4 is 0 Å². The van der Waals surface area contributed by atoms with Crippen molar-refractivity contribution in [1.82, 2.24) is 0 Å². The van der Waals surface area contributed by atoms with Gasteiger partial charge in [0.1, 0.15) is 30.5 Å². The Morgan fingerprint density at radius 2 is 1.59 bits per heavy atom. The van der Waals surface area contributed by atoms with E-state index in [4.69, 9.17) is 9.84 Å². The van der Waals surface area contributed by atoms with Gasteiger partial charge in [-0.1, -0.05) is 36.4 Å². The van der Waals surface area contributed by atoms with E-state index in [-0.39, 0.29) is 6.61 Å². The molecular formula is C22H25NO6. The van der Waals surface area contributed by atoms with Crippen molar-refractivity contribution in [3.63, 3.8) is 0 Å². The average molecular weight is 399 g/mol. The zero-order chi connectivity index (χ0) is 21.0. The summed E-state index contributed by atoms with van der Waals surface area (Å²) in [7, 11) is 0. The summed E-state index contributed by atoms with van der Waals surface area (Å²) in [6.45, 7) is -0.413. The molecule has 5 atom stereocenters. The van der Waals surface area contributed by atoms with Gasteiger partial charge in [0.15, 0.2) is 0 Å². The Bertz CT molecular complexity index is 861. The topological polar surface area (TPSA) is 134 Å². The molecule has 0 amide bonds. The van der Waals surface area contributed by atoms with E-state index in [0.29, 0.717) is 24.0 Å². The van der Waals surface area contributed by atoms with Crippen LogP contribution in [0.4, 0.5) is 0 Å². The SMILES string of the molecule is N#Cc1ccc([C@@H]2O[C@H](CO)[C@@H](O)[C@H](O)[C@H]2O)cc1Cc1ccc(CCO)cc1. The van der Waals surface area contributed by atoms with Crippen LogP contribution in [0.25, 0.3) is 0 Å². The maximum absolute atomic E-state index is 10.4. The first-order valence-electron chi connectivity index (χ1n) is 9.50. The molecule has 0 radical (unpaired) electrons. The van der Waals surface area contributed by atoms with E-state index in [2.05, 4.69) is 6.07 Å². The van der Waals surface area contributed by atoms with Gasteiger partial charge in [0, 0.05) is 6.61 Å². The summed E-state index contributed by atoms with van der Waals surface area (Å²) in [4.78, 5) is 0. The minimum absolute atomic E-state index is 0.0824. The van der Waals surface area contributed by atoms with Crippen molar-refractivity contribution in [3.05, 3.63) is 70.3 Å². The van der Waals surface area contributed by atoms with Gasteiger partial charge < -0.3 is 30.3 Å². The number of hydrogen-bond donors (Lipinski definition) is 5. The molecule has 0 aliphatic carbocycles. The largest absolute Gasteiger partial charge is 0.396 e. The lowest BCUT2D eigenvalue weighted by Gasteiger charge is -2.40. The van der Waals surface area contributed by atoms with Gasteiger partial charge in [-0.3, -0.25) is 0 Å². The molecule has 0 saturated carbocycles. The number of nitrogens with zero attached hydrogens (tertiary/aromatic N) is 1. The van der Waals surface area contributed by atoms with E-state index in [0.717, 1.165) is 16.7 Å². The Kier molecular flexibility index (Phi) is 6.98. The third-order valence-electron chi connectivity index (χ3n) is 5.29. The van der Waals surface area contributed by atoms with Crippen molar-refractivity contribution in [1.29, 1.82) is 5.26 Å². The molecule has 1 aliphatic rings. The standard InChI is InChI=1S/C22H25NO6/c23-11-16-6-5-15(22-21(28)20(27)19(26)18(12-25)29-22)10-17(16)9-14-3-1-13(2-4-14)7-8-24/h1-6,10,18-22,24-28H,7-9,12H2/t18-,19-,20+,21-,22+/m1/s1. The highest BCUT2D eigenvalue weighted by Crippen LogP contribution is 2.33. The Morgan fingerprint density at radius 1 is 0.897 bits per heavy atom. The quantitative estimate of drug-likeness (QED) is 0.468. The molecule has 154 valence electrons. The van der Waals surface area contributed by atoms with Gasteiger partial charge in [0.05, 0.1) is 18.2 Å². The highest BCUT2D eigenvalue weighted by molar-refractivity contribution is 5.44. The summed E-state index contributed by atoms with van der Waals surface area (Å²) in [5, 5.41) is 58.2. The molecule has 5 N–H and O–H groups in total. The lowest BCUT2D eigenvalue weighted by molar-refractivity contribution is -0.231. The normalized spacial score (nSPS) is 26.8. The molecule has 1 aliphatic heterocycles. The number of nitriles is 1. The lowest BCUT2D eigenvalue weighted by Crippen LogP contribution is -2.55. The number of aliphatic hydroxyl groups excluding tert-OH is 5. The van der Waals surface area contributed by atoms with E-state index >= 15 is 0 Å². The first-order valence-corrected chi connectivity index (χ1v) is 9.50. The Hall–Kier alpha value is -2.31. The first-order chi connectivity index (χ1) is 14.0. The smallest absolute Gasteiger partial charge is 0.113 e. The summed E-state index contributed by atoms with van der Waals surface area (Å²) in [5.41, 5.74) is 3.77. The van der Waals surface area contributed by atoms with Crippen LogP contribution >= 0.6 is 0 Å². The van der Waals surface area contributed by atoms with Crippen LogP contribution in [0.1, 0.15) is 33.9 Å². The van der Waals surface area contributed by atoms with Crippen molar-refractivity contribution >= 4 is 0 Å². The number of ether oxygens (including phenoxy) is 1. The van der Waals surface area contributed by atoms with E-state index in [9.17, 15) is 25.7 Å². The Labute approximate surface area is 169 Å². The number of aliphatic hydroxyl groups is 5. The zero-order valence-corrected chi connectivity index (χ0v) is 15.8. The fourth-order valence-electron chi connectivity index (χ4n) is 3.60. The summed E-state index contributed by atoms with van der Waals surface area (Å²) in [5.74, 6) is 0. The van der Waals surface area contributed by atoms with Crippen molar-refractivity contribution in [3.8, 4) is 6.07 Å². The summed E-state index contributed by atoms with van der Waals surface area (Å²) < 4.78 is 5.62. The summed E-state index contributed by atoms with van der Waals surface area (Å²) in [6.07, 6.45) is -5.11. The average Bonchev–Trinajstić information content (AvgIpc) is 2.74. The van der Waals surface area contributed by atoms with E-state index < -0.39 is 37.1 Å². The molecule has 0 bridgehead atoms. The van der Waals surface area contributed by atoms with Gasteiger partial charge in [-0.15, -0.1) is 0 Å². The summed E-state index contributed by atoms with van der Waals surface area (Å²) >= 11 is 0. The lowest BCUT2D eigenvalue weighted by atomic mass is 9.89. The van der Waals surface area contributed by atoms with E-state index in [1.807, 2.05) is 24.3 Å².